The summed E-state index contributed by atoms with van der Waals surface area (Å²) in [5.74, 6) is -6.85. The molecule has 1 aromatic rings. The van der Waals surface area contributed by atoms with E-state index in [0.717, 1.165) is 6.92 Å². The number of phenolic OH excluding ortho intramolecular Hbond substituents is 1. The van der Waals surface area contributed by atoms with E-state index < -0.39 is 212 Å². The SMILES string of the molecule is COC[C@H]1OC(OC2OC[C@@H]3OC4(OC(C)C(O)(C(C)=O)C5OCOC54)O[C@H]3[C@H]2OC(C)=O)[C@@H](OC)[C@@H](O)C1O[C@@H]1O[C@H](C)[C@H](OC)C(OC2CC3(C)O[C@@]4(C[C@H](O)[C@H](OC5C[C@@H](O)[C@H](OC(=O)c6c(C)c(Cl)c(O)c(Cl)c6OC)[C@@H](C)O5)[C@@H](C)O4)O[C@@H]3[C@@H](C)O2)[C@H]1O. The fraction of sp³-hybridized carbons (Fsp3) is 0.847. The van der Waals surface area contributed by atoms with E-state index in [9.17, 15) is 45.0 Å². The molecule has 93 heavy (non-hydrogen) atoms. The monoisotopic (exact) mass is 1370 g/mol. The van der Waals surface area contributed by atoms with Crippen LogP contribution in [0.1, 0.15) is 90.6 Å². The molecule has 11 rings (SSSR count). The van der Waals surface area contributed by atoms with E-state index >= 15 is 0 Å². The van der Waals surface area contributed by atoms with Gasteiger partial charge in [-0.2, -0.15) is 0 Å². The largest absolute Gasteiger partial charge is 0.505 e. The predicted molar refractivity (Wildman–Crippen MR) is 304 cm³/mol. The summed E-state index contributed by atoms with van der Waals surface area (Å²) in [7, 11) is 5.34. The standard InChI is InChI=1S/C59H84Cl2O32/c1-20-34(45(73-12)36(61)37(66)35(20)60)52(69)85-40-21(2)78-32(14-28(40)64)83-41-23(4)88-57(15-29(41)65)92-49-24(5)79-33(16-56(49,9)93-57)84-46-39(68)53(80-22(3)42(46)72-11)86-43-30(17-71-10)82-55(47(74-13)38(43)67)87-54-48(81-27(8)63)44-31(18-75-54)90-59(91-44)51-50(76-19-77-51)58(70,25(6)62)26(7)89-59/h21-24,26,28-33,38-44,46-51,53-55,64-68,70H,14-19H2,1-13H3/t21-,22-,23-,24-,26?,28-,29+,30-,31+,32?,33?,38+,39-,40-,41-,42+,43?,44-,46?,47+,48-,49-,50?,51?,53+,54?,55?,56?,57-,58?,59?/m1/s1. The topological polar surface area (TPSA) is 385 Å². The summed E-state index contributed by atoms with van der Waals surface area (Å²) in [6, 6.07) is 0. The van der Waals surface area contributed by atoms with Gasteiger partial charge in [0.15, 0.2) is 66.4 Å². The third-order valence-electron chi connectivity index (χ3n) is 19.0. The Bertz CT molecular complexity index is 2840. The predicted octanol–water partition coefficient (Wildman–Crippen LogP) is 0.416. The van der Waals surface area contributed by atoms with Gasteiger partial charge in [0.1, 0.15) is 96.2 Å². The fourth-order valence-corrected chi connectivity index (χ4v) is 15.0. The minimum atomic E-state index is -2.12. The lowest BCUT2D eigenvalue weighted by Gasteiger charge is -2.49. The summed E-state index contributed by atoms with van der Waals surface area (Å²) in [5, 5.41) is 68.9. The molecular formula is C59H84Cl2O32. The molecule has 0 radical (unpaired) electrons. The van der Waals surface area contributed by atoms with Crippen molar-refractivity contribution in [1.82, 2.24) is 0 Å². The number of ketones is 1. The van der Waals surface area contributed by atoms with Gasteiger partial charge in [-0.25, -0.2) is 4.79 Å². The number of hydrogen-bond acceptors (Lipinski definition) is 32. The second-order valence-corrected chi connectivity index (χ2v) is 26.0. The Morgan fingerprint density at radius 1 is 0.634 bits per heavy atom. The summed E-state index contributed by atoms with van der Waals surface area (Å²) < 4.78 is 141. The normalized spacial score (nSPS) is 48.0. The maximum Gasteiger partial charge on any atom is 0.342 e. The number of aliphatic hydroxyl groups is 5. The molecule has 2 spiro atoms. The number of halogens is 2. The quantitative estimate of drug-likeness (QED) is 0.115. The number of rotatable bonds is 17. The number of benzene rings is 1. The van der Waals surface area contributed by atoms with Gasteiger partial charge in [0.2, 0.25) is 6.29 Å². The number of carbonyl (C=O) groups excluding carboxylic acids is 3. The van der Waals surface area contributed by atoms with Crippen molar-refractivity contribution in [3.63, 3.8) is 0 Å². The molecule has 10 saturated heterocycles. The Kier molecular flexibility index (Phi) is 21.2. The molecule has 10 heterocycles. The number of aromatic hydroxyl groups is 1. The van der Waals surface area contributed by atoms with Gasteiger partial charge in [-0.05, 0) is 61.0 Å². The minimum absolute atomic E-state index is 0.00377. The molecule has 10 aliphatic rings. The molecule has 0 aliphatic carbocycles. The van der Waals surface area contributed by atoms with Crippen molar-refractivity contribution in [2.75, 3.05) is 48.4 Å². The summed E-state index contributed by atoms with van der Waals surface area (Å²) in [4.78, 5) is 39.1. The molecule has 0 amide bonds. The van der Waals surface area contributed by atoms with Gasteiger partial charge in [-0.15, -0.1) is 0 Å². The average molecular weight is 1380 g/mol. The number of Topliss-reactive ketones (excluding diaryl/α,β-unsaturated/α-hetero) is 1. The molecule has 12 unspecified atom stereocenters. The first kappa shape index (κ1) is 71.3. The van der Waals surface area contributed by atoms with Gasteiger partial charge in [0.25, 0.3) is 5.97 Å². The van der Waals surface area contributed by atoms with Crippen molar-refractivity contribution >= 4 is 40.9 Å². The van der Waals surface area contributed by atoms with Crippen LogP contribution in [0, 0.1) is 6.92 Å². The van der Waals surface area contributed by atoms with Crippen LogP contribution in [0.25, 0.3) is 0 Å². The first-order valence-corrected chi connectivity index (χ1v) is 31.5. The third kappa shape index (κ3) is 13.0. The van der Waals surface area contributed by atoms with Crippen LogP contribution in [-0.2, 0) is 114 Å². The number of fused-ring (bicyclic) bond motifs is 4. The Morgan fingerprint density at radius 3 is 1.98 bits per heavy atom. The second-order valence-electron chi connectivity index (χ2n) is 25.2. The lowest BCUT2D eigenvalue weighted by molar-refractivity contribution is -0.428. The van der Waals surface area contributed by atoms with E-state index in [1.54, 1.807) is 34.6 Å². The van der Waals surface area contributed by atoms with Gasteiger partial charge in [0, 0.05) is 41.1 Å². The van der Waals surface area contributed by atoms with Crippen molar-refractivity contribution in [2.45, 2.75) is 270 Å². The van der Waals surface area contributed by atoms with Crippen LogP contribution in [0.15, 0.2) is 0 Å². The molecule has 31 atom stereocenters. The first-order chi connectivity index (χ1) is 44.0. The molecule has 10 aliphatic heterocycles. The Labute approximate surface area is 544 Å². The van der Waals surface area contributed by atoms with E-state index in [1.807, 2.05) is 0 Å². The van der Waals surface area contributed by atoms with Crippen molar-refractivity contribution in [2.24, 2.45) is 0 Å². The van der Waals surface area contributed by atoms with Crippen molar-refractivity contribution in [3.8, 4) is 11.5 Å². The van der Waals surface area contributed by atoms with E-state index in [1.165, 1.54) is 49.2 Å². The number of ether oxygens (including phenoxy) is 23. The minimum Gasteiger partial charge on any atom is -0.505 e. The third-order valence-corrected chi connectivity index (χ3v) is 19.8. The highest BCUT2D eigenvalue weighted by Gasteiger charge is 2.73. The van der Waals surface area contributed by atoms with Crippen LogP contribution in [0.4, 0.5) is 0 Å². The molecular weight excluding hydrogens is 1290 g/mol. The van der Waals surface area contributed by atoms with Crippen molar-refractivity contribution < 1.29 is 154 Å². The van der Waals surface area contributed by atoms with E-state index in [4.69, 9.17) is 132 Å². The molecule has 34 heteroatoms. The molecule has 0 aromatic heterocycles. The number of hydrogen-bond donors (Lipinski definition) is 6. The van der Waals surface area contributed by atoms with Crippen molar-refractivity contribution in [3.05, 3.63) is 21.2 Å². The Morgan fingerprint density at radius 2 is 1.32 bits per heavy atom. The zero-order chi connectivity index (χ0) is 67.3. The van der Waals surface area contributed by atoms with Crippen molar-refractivity contribution in [1.29, 1.82) is 0 Å². The van der Waals surface area contributed by atoms with Gasteiger partial charge in [-0.1, -0.05) is 23.2 Å². The first-order valence-electron chi connectivity index (χ1n) is 30.8. The van der Waals surface area contributed by atoms with Crippen LogP contribution < -0.4 is 4.74 Å². The highest BCUT2D eigenvalue weighted by molar-refractivity contribution is 6.39. The second kappa shape index (κ2) is 27.6. The number of aliphatic hydroxyl groups excluding tert-OH is 4. The van der Waals surface area contributed by atoms with E-state index in [0.29, 0.717) is 0 Å². The molecule has 0 bridgehead atoms. The fourth-order valence-electron chi connectivity index (χ4n) is 14.5. The molecule has 1 aromatic carbocycles. The van der Waals surface area contributed by atoms with Gasteiger partial charge in [-0.3, -0.25) is 9.59 Å². The van der Waals surface area contributed by atoms with Crippen LogP contribution in [0.2, 0.25) is 10.0 Å². The highest BCUT2D eigenvalue weighted by Crippen LogP contribution is 2.53. The maximum absolute atomic E-state index is 13.5. The Hall–Kier alpha value is -2.99. The van der Waals surface area contributed by atoms with Gasteiger partial charge >= 0.3 is 17.9 Å². The zero-order valence-corrected chi connectivity index (χ0v) is 54.9. The molecule has 10 fully saturated rings. The zero-order valence-electron chi connectivity index (χ0n) is 53.4. The summed E-state index contributed by atoms with van der Waals surface area (Å²) in [6.07, 6.45) is -32.7. The van der Waals surface area contributed by atoms with E-state index in [2.05, 4.69) is 0 Å². The molecule has 0 saturated carbocycles. The van der Waals surface area contributed by atoms with Gasteiger partial charge < -0.3 is 140 Å². The average Bonchev–Trinajstić information content (AvgIpc) is 1.59. The number of carbonyl (C=O) groups is 3. The lowest BCUT2D eigenvalue weighted by Crippen LogP contribution is -2.72. The number of phenols is 1. The van der Waals surface area contributed by atoms with Crippen LogP contribution in [0.3, 0.4) is 0 Å². The smallest absolute Gasteiger partial charge is 0.342 e. The number of methoxy groups -OCH3 is 4. The summed E-state index contributed by atoms with van der Waals surface area (Å²) >= 11 is 12.5. The summed E-state index contributed by atoms with van der Waals surface area (Å²) in [5.41, 5.74) is -3.33. The van der Waals surface area contributed by atoms with Gasteiger partial charge in [0.05, 0.1) is 74.5 Å². The highest BCUT2D eigenvalue weighted by atomic mass is 35.5. The van der Waals surface area contributed by atoms with Crippen LogP contribution >= 0.6 is 23.2 Å². The molecule has 6 N–H and O–H groups in total. The lowest BCUT2D eigenvalue weighted by atomic mass is 9.81. The van der Waals surface area contributed by atoms with E-state index in [-0.39, 0.29) is 66.2 Å². The van der Waals surface area contributed by atoms with Crippen LogP contribution in [0.5, 0.6) is 11.5 Å². The Balaban J connectivity index is 0.715. The van der Waals surface area contributed by atoms with Crippen LogP contribution in [-0.4, -0.2) is 286 Å². The molecule has 526 valence electrons. The molecule has 32 nitrogen and oxygen atoms in total. The summed E-state index contributed by atoms with van der Waals surface area (Å²) in [6.45, 7) is 12.9. The number of esters is 2. The maximum atomic E-state index is 13.5.